The molecule has 1 N–H and O–H groups in total. The summed E-state index contributed by atoms with van der Waals surface area (Å²) in [5.41, 5.74) is -0.847. The van der Waals surface area contributed by atoms with Crippen molar-refractivity contribution in [3.8, 4) is 0 Å². The van der Waals surface area contributed by atoms with Crippen molar-refractivity contribution in [1.82, 2.24) is 4.90 Å². The van der Waals surface area contributed by atoms with Crippen molar-refractivity contribution >= 4 is 28.9 Å². The van der Waals surface area contributed by atoms with E-state index in [9.17, 15) is 29.8 Å². The Kier molecular flexibility index (Phi) is 5.82. The largest absolute Gasteiger partial charge is 0.339 e. The summed E-state index contributed by atoms with van der Waals surface area (Å²) in [5.74, 6) is -0.999. The fourth-order valence-corrected chi connectivity index (χ4v) is 3.18. The number of nitrogens with zero attached hydrogens (tertiary/aromatic N) is 3. The highest BCUT2D eigenvalue weighted by Gasteiger charge is 2.23. The third kappa shape index (κ3) is 4.54. The van der Waals surface area contributed by atoms with Gasteiger partial charge >= 0.3 is 0 Å². The number of rotatable bonds is 5. The van der Waals surface area contributed by atoms with Crippen LogP contribution in [0, 0.1) is 20.2 Å². The Morgan fingerprint density at radius 1 is 0.897 bits per heavy atom. The monoisotopic (exact) mass is 398 g/mol. The fourth-order valence-electron chi connectivity index (χ4n) is 3.18. The van der Waals surface area contributed by atoms with Crippen molar-refractivity contribution in [2.45, 2.75) is 19.3 Å². The lowest BCUT2D eigenvalue weighted by atomic mass is 10.1. The third-order valence-corrected chi connectivity index (χ3v) is 4.64. The first kappa shape index (κ1) is 19.9. The molecule has 0 radical (unpaired) electrons. The normalized spacial score (nSPS) is 13.6. The molecule has 0 bridgehead atoms. The molecule has 1 fully saturated rings. The number of hydrogen-bond acceptors (Lipinski definition) is 6. The Morgan fingerprint density at radius 3 is 2.07 bits per heavy atom. The van der Waals surface area contributed by atoms with Gasteiger partial charge in [0.05, 0.1) is 32.7 Å². The van der Waals surface area contributed by atoms with E-state index >= 15 is 0 Å². The van der Waals surface area contributed by atoms with Gasteiger partial charge < -0.3 is 10.2 Å². The molecule has 10 heteroatoms. The number of nitrogens with one attached hydrogen (secondary N) is 1. The average Bonchev–Trinajstić information content (AvgIpc) is 2.73. The highest BCUT2D eigenvalue weighted by Crippen LogP contribution is 2.25. The summed E-state index contributed by atoms with van der Waals surface area (Å²) >= 11 is 0. The van der Waals surface area contributed by atoms with Crippen molar-refractivity contribution in [3.05, 3.63) is 73.8 Å². The van der Waals surface area contributed by atoms with Gasteiger partial charge in [-0.1, -0.05) is 12.1 Å². The first-order chi connectivity index (χ1) is 13.9. The summed E-state index contributed by atoms with van der Waals surface area (Å²) in [4.78, 5) is 47.6. The van der Waals surface area contributed by atoms with Crippen LogP contribution in [0.25, 0.3) is 0 Å². The second kappa shape index (κ2) is 8.46. The van der Waals surface area contributed by atoms with E-state index in [-0.39, 0.29) is 17.2 Å². The predicted molar refractivity (Wildman–Crippen MR) is 104 cm³/mol. The van der Waals surface area contributed by atoms with Crippen LogP contribution >= 0.6 is 0 Å². The van der Waals surface area contributed by atoms with Crippen LogP contribution < -0.4 is 5.32 Å². The molecule has 2 aromatic carbocycles. The van der Waals surface area contributed by atoms with Gasteiger partial charge in [-0.05, 0) is 31.4 Å². The van der Waals surface area contributed by atoms with Gasteiger partial charge in [0, 0.05) is 25.2 Å². The Hall–Kier alpha value is -3.82. The molecule has 0 atom stereocenters. The first-order valence-corrected chi connectivity index (χ1v) is 9.00. The predicted octanol–water partition coefficient (Wildman–Crippen LogP) is 3.38. The summed E-state index contributed by atoms with van der Waals surface area (Å²) in [5, 5.41) is 24.6. The van der Waals surface area contributed by atoms with E-state index < -0.39 is 27.1 Å². The molecule has 10 nitrogen and oxygen atoms in total. The number of nitro benzene ring substituents is 2. The molecule has 0 saturated carbocycles. The van der Waals surface area contributed by atoms with Gasteiger partial charge in [-0.2, -0.15) is 0 Å². The molecule has 3 rings (SSSR count). The number of amides is 2. The number of nitro groups is 2. The minimum Gasteiger partial charge on any atom is -0.339 e. The summed E-state index contributed by atoms with van der Waals surface area (Å²) < 4.78 is 0. The Labute approximate surface area is 165 Å². The van der Waals surface area contributed by atoms with Crippen molar-refractivity contribution in [2.24, 2.45) is 0 Å². The number of benzene rings is 2. The van der Waals surface area contributed by atoms with E-state index in [0.29, 0.717) is 18.7 Å². The minimum atomic E-state index is -0.808. The summed E-state index contributed by atoms with van der Waals surface area (Å²) in [6.07, 6.45) is 2.89. The van der Waals surface area contributed by atoms with Crippen LogP contribution in [0.5, 0.6) is 0 Å². The maximum absolute atomic E-state index is 12.8. The molecule has 0 spiro atoms. The van der Waals surface area contributed by atoms with E-state index in [1.54, 1.807) is 29.2 Å². The van der Waals surface area contributed by atoms with E-state index in [1.807, 2.05) is 0 Å². The number of piperidine rings is 1. The second-order valence-corrected chi connectivity index (χ2v) is 6.60. The lowest BCUT2D eigenvalue weighted by Gasteiger charge is -2.27. The number of hydrogen-bond donors (Lipinski definition) is 1. The molecule has 0 aromatic heterocycles. The number of para-hydroxylation sites is 1. The van der Waals surface area contributed by atoms with Crippen molar-refractivity contribution in [3.63, 3.8) is 0 Å². The molecule has 1 aliphatic heterocycles. The van der Waals surface area contributed by atoms with Crippen molar-refractivity contribution in [2.75, 3.05) is 18.4 Å². The molecular weight excluding hydrogens is 380 g/mol. The zero-order valence-electron chi connectivity index (χ0n) is 15.4. The Balaban J connectivity index is 1.89. The first-order valence-electron chi connectivity index (χ1n) is 9.00. The van der Waals surface area contributed by atoms with Crippen LogP contribution in [0.1, 0.15) is 40.0 Å². The van der Waals surface area contributed by atoms with Crippen LogP contribution in [-0.4, -0.2) is 39.7 Å². The zero-order chi connectivity index (χ0) is 21.0. The molecule has 2 amide bonds. The quantitative estimate of drug-likeness (QED) is 0.606. The molecule has 2 aromatic rings. The van der Waals surface area contributed by atoms with E-state index in [0.717, 1.165) is 37.5 Å². The SMILES string of the molecule is O=C(Nc1ccccc1C(=O)N1CCCCC1)c1cc([N+](=O)[O-])cc([N+](=O)[O-])c1. The van der Waals surface area contributed by atoms with Crippen LogP contribution in [0.3, 0.4) is 0 Å². The molecule has 0 unspecified atom stereocenters. The Morgan fingerprint density at radius 2 is 1.48 bits per heavy atom. The number of anilines is 1. The van der Waals surface area contributed by atoms with Crippen LogP contribution in [0.15, 0.2) is 42.5 Å². The molecule has 1 heterocycles. The van der Waals surface area contributed by atoms with E-state index in [2.05, 4.69) is 5.32 Å². The topological polar surface area (TPSA) is 136 Å². The van der Waals surface area contributed by atoms with Crippen LogP contribution in [-0.2, 0) is 0 Å². The number of non-ortho nitro benzene ring substituents is 2. The number of likely N-dealkylation sites (tertiary alicyclic amines) is 1. The molecule has 1 saturated heterocycles. The minimum absolute atomic E-state index is 0.217. The summed E-state index contributed by atoms with van der Waals surface area (Å²) in [6, 6.07) is 9.13. The molecule has 0 aliphatic carbocycles. The highest BCUT2D eigenvalue weighted by molar-refractivity contribution is 6.09. The number of carbonyl (C=O) groups is 2. The average molecular weight is 398 g/mol. The third-order valence-electron chi connectivity index (χ3n) is 4.64. The fraction of sp³-hybridized carbons (Fsp3) is 0.263. The van der Waals surface area contributed by atoms with Crippen LogP contribution in [0.4, 0.5) is 17.1 Å². The van der Waals surface area contributed by atoms with Gasteiger partial charge in [0.15, 0.2) is 0 Å². The van der Waals surface area contributed by atoms with Crippen LogP contribution in [0.2, 0.25) is 0 Å². The van der Waals surface area contributed by atoms with Gasteiger partial charge in [0.2, 0.25) is 0 Å². The van der Waals surface area contributed by atoms with E-state index in [1.165, 1.54) is 0 Å². The molecule has 150 valence electrons. The second-order valence-electron chi connectivity index (χ2n) is 6.60. The lowest BCUT2D eigenvalue weighted by Crippen LogP contribution is -2.36. The maximum Gasteiger partial charge on any atom is 0.277 e. The van der Waals surface area contributed by atoms with Gasteiger partial charge in [-0.25, -0.2) is 0 Å². The molecule has 29 heavy (non-hydrogen) atoms. The maximum atomic E-state index is 12.8. The van der Waals surface area contributed by atoms with Gasteiger partial charge in [-0.3, -0.25) is 29.8 Å². The van der Waals surface area contributed by atoms with E-state index in [4.69, 9.17) is 0 Å². The van der Waals surface area contributed by atoms with Gasteiger partial charge in [0.25, 0.3) is 23.2 Å². The highest BCUT2D eigenvalue weighted by atomic mass is 16.6. The summed E-state index contributed by atoms with van der Waals surface area (Å²) in [7, 11) is 0. The lowest BCUT2D eigenvalue weighted by molar-refractivity contribution is -0.394. The smallest absolute Gasteiger partial charge is 0.277 e. The van der Waals surface area contributed by atoms with Crippen molar-refractivity contribution in [1.29, 1.82) is 0 Å². The Bertz CT molecular complexity index is 952. The number of carbonyl (C=O) groups excluding carboxylic acids is 2. The van der Waals surface area contributed by atoms with Crippen molar-refractivity contribution < 1.29 is 19.4 Å². The molecular formula is C19H18N4O6. The standard InChI is InChI=1S/C19H18N4O6/c24-18(13-10-14(22(26)27)12-15(11-13)23(28)29)20-17-7-3-2-6-16(17)19(25)21-8-4-1-5-9-21/h2-3,6-7,10-12H,1,4-5,8-9H2,(H,20,24). The van der Waals surface area contributed by atoms with Gasteiger partial charge in [-0.15, -0.1) is 0 Å². The zero-order valence-corrected chi connectivity index (χ0v) is 15.4. The summed E-state index contributed by atoms with van der Waals surface area (Å²) in [6.45, 7) is 1.27. The molecule has 1 aliphatic rings. The van der Waals surface area contributed by atoms with Gasteiger partial charge in [0.1, 0.15) is 0 Å².